The van der Waals surface area contributed by atoms with Gasteiger partial charge in [0.05, 0.1) is 0 Å². The maximum absolute atomic E-state index is 13.7. The van der Waals surface area contributed by atoms with E-state index >= 15 is 0 Å². The van der Waals surface area contributed by atoms with Crippen LogP contribution in [0.4, 0.5) is 8.78 Å². The zero-order valence-corrected chi connectivity index (χ0v) is 12.0. The molecule has 0 amide bonds. The minimum atomic E-state index is -4.30. The molecule has 0 unspecified atom stereocenters. The molecular weight excluding hydrogens is 300 g/mol. The number of sulfonamides is 1. The van der Waals surface area contributed by atoms with Crippen molar-refractivity contribution < 1.29 is 21.9 Å². The summed E-state index contributed by atoms with van der Waals surface area (Å²) in [6.45, 7) is 1.81. The average Bonchev–Trinajstić information content (AvgIpc) is 2.36. The topological polar surface area (TPSA) is 69.4 Å². The van der Waals surface area contributed by atoms with Crippen LogP contribution in [-0.4, -0.2) is 8.42 Å². The molecule has 112 valence electrons. The van der Waals surface area contributed by atoms with Crippen LogP contribution in [0.3, 0.4) is 0 Å². The van der Waals surface area contributed by atoms with Gasteiger partial charge in [0.1, 0.15) is 17.3 Å². The van der Waals surface area contributed by atoms with Gasteiger partial charge in [-0.2, -0.15) is 0 Å². The van der Waals surface area contributed by atoms with Gasteiger partial charge in [-0.25, -0.2) is 22.3 Å². The van der Waals surface area contributed by atoms with E-state index in [0.29, 0.717) is 12.1 Å². The molecule has 0 fully saturated rings. The van der Waals surface area contributed by atoms with E-state index in [4.69, 9.17) is 9.88 Å². The fraction of sp³-hybridized carbons (Fsp3) is 0.143. The summed E-state index contributed by atoms with van der Waals surface area (Å²) >= 11 is 0. The van der Waals surface area contributed by atoms with Crippen LogP contribution in [0.5, 0.6) is 5.75 Å². The lowest BCUT2D eigenvalue weighted by Gasteiger charge is -2.12. The summed E-state index contributed by atoms with van der Waals surface area (Å²) in [5.74, 6) is -2.74. The highest BCUT2D eigenvalue weighted by molar-refractivity contribution is 7.89. The first-order valence-electron chi connectivity index (χ1n) is 5.97. The van der Waals surface area contributed by atoms with Gasteiger partial charge in [0.2, 0.25) is 10.0 Å². The number of primary sulfonamides is 1. The zero-order chi connectivity index (χ0) is 15.6. The monoisotopic (exact) mass is 313 g/mol. The molecule has 2 aromatic carbocycles. The number of ether oxygens (including phenoxy) is 1. The molecular formula is C14H13F2NO3S. The molecule has 21 heavy (non-hydrogen) atoms. The lowest BCUT2D eigenvalue weighted by molar-refractivity contribution is 0.280. The van der Waals surface area contributed by atoms with Crippen LogP contribution >= 0.6 is 0 Å². The molecule has 0 radical (unpaired) electrons. The van der Waals surface area contributed by atoms with E-state index in [0.717, 1.165) is 11.1 Å². The standard InChI is InChI=1S/C14H13F2NO3S/c1-9-3-2-4-10(5-9)8-20-14-12(16)6-11(15)7-13(14)21(17,18)19/h2-7H,8H2,1H3,(H2,17,18,19). The molecule has 4 nitrogen and oxygen atoms in total. The molecule has 2 N–H and O–H groups in total. The van der Waals surface area contributed by atoms with Gasteiger partial charge in [-0.05, 0) is 18.6 Å². The molecule has 0 atom stereocenters. The third-order valence-corrected chi connectivity index (χ3v) is 3.66. The summed E-state index contributed by atoms with van der Waals surface area (Å²) < 4.78 is 54.8. The van der Waals surface area contributed by atoms with Crippen molar-refractivity contribution in [1.82, 2.24) is 0 Å². The SMILES string of the molecule is Cc1cccc(COc2c(F)cc(F)cc2S(N)(=O)=O)c1. The highest BCUT2D eigenvalue weighted by atomic mass is 32.2. The predicted octanol–water partition coefficient (Wildman–Crippen LogP) is 2.50. The van der Waals surface area contributed by atoms with Crippen LogP contribution in [0.2, 0.25) is 0 Å². The fourth-order valence-electron chi connectivity index (χ4n) is 1.85. The summed E-state index contributed by atoms with van der Waals surface area (Å²) in [5.41, 5.74) is 1.70. The van der Waals surface area contributed by atoms with Gasteiger partial charge < -0.3 is 4.74 Å². The van der Waals surface area contributed by atoms with Crippen LogP contribution in [0, 0.1) is 18.6 Å². The van der Waals surface area contributed by atoms with Gasteiger partial charge in [-0.3, -0.25) is 0 Å². The molecule has 0 bridgehead atoms. The minimum Gasteiger partial charge on any atom is -0.484 e. The molecule has 0 aliphatic rings. The normalized spacial score (nSPS) is 11.4. The summed E-state index contributed by atoms with van der Waals surface area (Å²) in [7, 11) is -4.30. The minimum absolute atomic E-state index is 0.0627. The first-order chi connectivity index (χ1) is 9.77. The first-order valence-corrected chi connectivity index (χ1v) is 7.52. The summed E-state index contributed by atoms with van der Waals surface area (Å²) in [4.78, 5) is -0.715. The van der Waals surface area contributed by atoms with Crippen molar-refractivity contribution in [3.8, 4) is 5.75 Å². The van der Waals surface area contributed by atoms with Gasteiger partial charge in [0, 0.05) is 6.07 Å². The van der Waals surface area contributed by atoms with E-state index in [-0.39, 0.29) is 6.61 Å². The van der Waals surface area contributed by atoms with Gasteiger partial charge in [0.25, 0.3) is 0 Å². The second-order valence-corrected chi connectivity index (χ2v) is 6.07. The van der Waals surface area contributed by atoms with Crippen LogP contribution < -0.4 is 9.88 Å². The lowest BCUT2D eigenvalue weighted by Crippen LogP contribution is -2.15. The zero-order valence-electron chi connectivity index (χ0n) is 11.1. The van der Waals surface area contributed by atoms with Gasteiger partial charge in [-0.1, -0.05) is 29.8 Å². The third kappa shape index (κ3) is 3.77. The first kappa shape index (κ1) is 15.4. The third-order valence-electron chi connectivity index (χ3n) is 2.75. The summed E-state index contributed by atoms with van der Waals surface area (Å²) in [6, 6.07) is 8.38. The van der Waals surface area contributed by atoms with Crippen molar-refractivity contribution in [2.75, 3.05) is 0 Å². The second-order valence-electron chi connectivity index (χ2n) is 4.54. The Morgan fingerprint density at radius 1 is 1.19 bits per heavy atom. The van der Waals surface area contributed by atoms with Gasteiger partial charge >= 0.3 is 0 Å². The van der Waals surface area contributed by atoms with Crippen LogP contribution in [0.25, 0.3) is 0 Å². The molecule has 0 spiro atoms. The molecule has 0 saturated carbocycles. The average molecular weight is 313 g/mol. The highest BCUT2D eigenvalue weighted by Gasteiger charge is 2.21. The number of hydrogen-bond donors (Lipinski definition) is 1. The van der Waals surface area contributed by atoms with Crippen LogP contribution in [-0.2, 0) is 16.6 Å². The maximum atomic E-state index is 13.7. The van der Waals surface area contributed by atoms with Crippen molar-refractivity contribution in [2.24, 2.45) is 5.14 Å². The smallest absolute Gasteiger partial charge is 0.241 e. The van der Waals surface area contributed by atoms with E-state index in [1.54, 1.807) is 18.2 Å². The highest BCUT2D eigenvalue weighted by Crippen LogP contribution is 2.28. The van der Waals surface area contributed by atoms with E-state index in [9.17, 15) is 17.2 Å². The Hall–Kier alpha value is -1.99. The quantitative estimate of drug-likeness (QED) is 0.943. The van der Waals surface area contributed by atoms with E-state index < -0.39 is 32.3 Å². The van der Waals surface area contributed by atoms with Crippen molar-refractivity contribution in [2.45, 2.75) is 18.4 Å². The number of rotatable bonds is 4. The largest absolute Gasteiger partial charge is 0.484 e. The summed E-state index contributed by atoms with van der Waals surface area (Å²) in [5, 5.41) is 4.95. The fourth-order valence-corrected chi connectivity index (χ4v) is 2.54. The number of aryl methyl sites for hydroxylation is 1. The Kier molecular flexibility index (Phi) is 4.24. The number of benzene rings is 2. The molecule has 0 aliphatic carbocycles. The Labute approximate surface area is 121 Å². The molecule has 0 aromatic heterocycles. The van der Waals surface area contributed by atoms with Crippen molar-refractivity contribution in [1.29, 1.82) is 0 Å². The molecule has 2 rings (SSSR count). The predicted molar refractivity (Wildman–Crippen MR) is 73.2 cm³/mol. The molecule has 2 aromatic rings. The van der Waals surface area contributed by atoms with Gasteiger partial charge in [0.15, 0.2) is 11.6 Å². The van der Waals surface area contributed by atoms with Crippen LogP contribution in [0.1, 0.15) is 11.1 Å². The Morgan fingerprint density at radius 2 is 1.90 bits per heavy atom. The van der Waals surface area contributed by atoms with Crippen molar-refractivity contribution >= 4 is 10.0 Å². The number of nitrogens with two attached hydrogens (primary N) is 1. The maximum Gasteiger partial charge on any atom is 0.241 e. The number of hydrogen-bond acceptors (Lipinski definition) is 3. The lowest BCUT2D eigenvalue weighted by atomic mass is 10.1. The molecule has 0 heterocycles. The van der Waals surface area contributed by atoms with Crippen LogP contribution in [0.15, 0.2) is 41.3 Å². The molecule has 7 heteroatoms. The van der Waals surface area contributed by atoms with Crippen molar-refractivity contribution in [3.05, 3.63) is 59.2 Å². The Bertz CT molecular complexity index is 776. The summed E-state index contributed by atoms with van der Waals surface area (Å²) in [6.07, 6.45) is 0. The van der Waals surface area contributed by atoms with Crippen molar-refractivity contribution in [3.63, 3.8) is 0 Å². The van der Waals surface area contributed by atoms with E-state index in [1.165, 1.54) is 0 Å². The second kappa shape index (κ2) is 5.79. The number of halogens is 2. The van der Waals surface area contributed by atoms with E-state index in [2.05, 4.69) is 0 Å². The Balaban J connectivity index is 2.36. The van der Waals surface area contributed by atoms with Gasteiger partial charge in [-0.15, -0.1) is 0 Å². The molecule has 0 aliphatic heterocycles. The Morgan fingerprint density at radius 3 is 2.52 bits per heavy atom. The van der Waals surface area contributed by atoms with E-state index in [1.807, 2.05) is 13.0 Å². The molecule has 0 saturated heterocycles.